The summed E-state index contributed by atoms with van der Waals surface area (Å²) in [5, 5.41) is -0.113. The molecule has 0 spiro atoms. The number of rotatable bonds is 2. The van der Waals surface area contributed by atoms with Gasteiger partial charge in [-0.1, -0.05) is 13.0 Å². The summed E-state index contributed by atoms with van der Waals surface area (Å²) in [5.41, 5.74) is 3.51. The lowest BCUT2D eigenvalue weighted by molar-refractivity contribution is 0.687. The van der Waals surface area contributed by atoms with Gasteiger partial charge >= 0.3 is 0 Å². The van der Waals surface area contributed by atoms with Gasteiger partial charge in [-0.25, -0.2) is 4.98 Å². The zero-order valence-corrected chi connectivity index (χ0v) is 12.0. The minimum atomic E-state index is -0.113. The average Bonchev–Trinajstić information content (AvgIpc) is 2.80. The second kappa shape index (κ2) is 4.93. The Kier molecular flexibility index (Phi) is 3.24. The normalized spacial score (nSPS) is 22.2. The van der Waals surface area contributed by atoms with Gasteiger partial charge < -0.3 is 4.90 Å². The van der Waals surface area contributed by atoms with Gasteiger partial charge in [0.2, 0.25) is 0 Å². The van der Waals surface area contributed by atoms with Gasteiger partial charge in [-0.2, -0.15) is 0 Å². The first-order valence-electron chi connectivity index (χ1n) is 6.97. The maximum Gasteiger partial charge on any atom is 0.132 e. The van der Waals surface area contributed by atoms with E-state index >= 15 is 0 Å². The van der Waals surface area contributed by atoms with E-state index in [2.05, 4.69) is 34.8 Å². The molecule has 1 atom stereocenters. The molecule has 3 nitrogen and oxygen atoms in total. The minimum Gasteiger partial charge on any atom is -0.357 e. The van der Waals surface area contributed by atoms with Crippen LogP contribution in [-0.4, -0.2) is 30.9 Å². The van der Waals surface area contributed by atoms with Crippen LogP contribution >= 0.6 is 0 Å². The summed E-state index contributed by atoms with van der Waals surface area (Å²) in [6, 6.07) is 6.09. The Labute approximate surface area is 121 Å². The van der Waals surface area contributed by atoms with Gasteiger partial charge in [-0.05, 0) is 41.9 Å². The third kappa shape index (κ3) is 2.42. The molecular weight excluding hydrogens is 245 g/mol. The van der Waals surface area contributed by atoms with Crippen LogP contribution in [0.3, 0.4) is 0 Å². The first kappa shape index (κ1) is 13.2. The zero-order chi connectivity index (χ0) is 14.2. The molecule has 2 radical (unpaired) electrons. The van der Waals surface area contributed by atoms with Crippen LogP contribution in [0, 0.1) is 6.92 Å². The highest BCUT2D eigenvalue weighted by atomic mass is 15.2. The van der Waals surface area contributed by atoms with Crippen molar-refractivity contribution in [2.75, 3.05) is 18.0 Å². The molecule has 1 unspecified atom stereocenters. The monoisotopic (exact) mass is 263 g/mol. The Morgan fingerprint density at radius 3 is 2.80 bits per heavy atom. The Hall–Kier alpha value is -1.84. The summed E-state index contributed by atoms with van der Waals surface area (Å²) in [6.07, 6.45) is 6.56. The molecule has 1 fully saturated rings. The SMILES string of the molecule is [B]C1(C)CCN(c2nccc(-c3cccnc3)c2C)C1. The predicted molar refractivity (Wildman–Crippen MR) is 83.2 cm³/mol. The second-order valence-corrected chi connectivity index (χ2v) is 5.87. The van der Waals surface area contributed by atoms with Crippen LogP contribution in [0.5, 0.6) is 0 Å². The Bertz CT molecular complexity index is 610. The standard InChI is InChI=1S/C16H18BN3/c1-12-14(13-4-3-7-18-10-13)5-8-19-15(12)20-9-6-16(2,17)11-20/h3-5,7-8,10H,6,9,11H2,1-2H3. The third-order valence-corrected chi connectivity index (χ3v) is 3.95. The fourth-order valence-corrected chi connectivity index (χ4v) is 2.84. The van der Waals surface area contributed by atoms with Crippen LogP contribution < -0.4 is 4.90 Å². The van der Waals surface area contributed by atoms with E-state index in [1.807, 2.05) is 24.5 Å². The van der Waals surface area contributed by atoms with Crippen molar-refractivity contribution < 1.29 is 0 Å². The summed E-state index contributed by atoms with van der Waals surface area (Å²) >= 11 is 0. The molecule has 4 heteroatoms. The Morgan fingerprint density at radius 2 is 2.15 bits per heavy atom. The predicted octanol–water partition coefficient (Wildman–Crippen LogP) is 3.01. The molecule has 1 aliphatic heterocycles. The van der Waals surface area contributed by atoms with E-state index < -0.39 is 0 Å². The lowest BCUT2D eigenvalue weighted by atomic mass is 9.70. The zero-order valence-electron chi connectivity index (χ0n) is 12.0. The molecule has 0 amide bonds. The number of anilines is 1. The first-order chi connectivity index (χ1) is 9.57. The number of hydrogen-bond donors (Lipinski definition) is 0. The van der Waals surface area contributed by atoms with E-state index in [1.165, 1.54) is 11.1 Å². The molecule has 1 saturated heterocycles. The summed E-state index contributed by atoms with van der Waals surface area (Å²) in [4.78, 5) is 11.0. The molecule has 0 saturated carbocycles. The average molecular weight is 263 g/mol. The van der Waals surface area contributed by atoms with Gasteiger partial charge in [0.15, 0.2) is 0 Å². The number of pyridine rings is 2. The maximum absolute atomic E-state index is 6.23. The summed E-state index contributed by atoms with van der Waals surface area (Å²) in [5.74, 6) is 1.04. The second-order valence-electron chi connectivity index (χ2n) is 5.87. The van der Waals surface area contributed by atoms with Crippen molar-refractivity contribution in [3.8, 4) is 11.1 Å². The van der Waals surface area contributed by atoms with Crippen LogP contribution in [0.15, 0.2) is 36.8 Å². The molecule has 2 aromatic heterocycles. The molecule has 0 aromatic carbocycles. The van der Waals surface area contributed by atoms with Crippen LogP contribution in [-0.2, 0) is 0 Å². The summed E-state index contributed by atoms with van der Waals surface area (Å²) in [6.45, 7) is 6.05. The fourth-order valence-electron chi connectivity index (χ4n) is 2.84. The molecule has 100 valence electrons. The first-order valence-corrected chi connectivity index (χ1v) is 6.97. The van der Waals surface area contributed by atoms with E-state index in [0.29, 0.717) is 0 Å². The van der Waals surface area contributed by atoms with Crippen molar-refractivity contribution in [2.24, 2.45) is 0 Å². The van der Waals surface area contributed by atoms with Crippen molar-refractivity contribution in [1.29, 1.82) is 0 Å². The maximum atomic E-state index is 6.23. The molecular formula is C16H18BN3. The number of hydrogen-bond acceptors (Lipinski definition) is 3. The number of aromatic nitrogens is 2. The highest BCUT2D eigenvalue weighted by Crippen LogP contribution is 2.37. The molecule has 0 bridgehead atoms. The topological polar surface area (TPSA) is 29.0 Å². The van der Waals surface area contributed by atoms with E-state index in [1.54, 1.807) is 6.20 Å². The highest BCUT2D eigenvalue weighted by molar-refractivity contribution is 6.15. The van der Waals surface area contributed by atoms with E-state index in [-0.39, 0.29) is 5.31 Å². The van der Waals surface area contributed by atoms with Gasteiger partial charge in [0.1, 0.15) is 5.82 Å². The Morgan fingerprint density at radius 1 is 1.30 bits per heavy atom. The van der Waals surface area contributed by atoms with Gasteiger partial charge in [0, 0.05) is 37.2 Å². The van der Waals surface area contributed by atoms with Crippen molar-refractivity contribution in [2.45, 2.75) is 25.6 Å². The van der Waals surface area contributed by atoms with Crippen LogP contribution in [0.2, 0.25) is 5.31 Å². The van der Waals surface area contributed by atoms with Crippen molar-refractivity contribution >= 4 is 13.7 Å². The fraction of sp³-hybridized carbons (Fsp3) is 0.375. The van der Waals surface area contributed by atoms with E-state index in [9.17, 15) is 0 Å². The molecule has 2 aromatic rings. The van der Waals surface area contributed by atoms with Crippen LogP contribution in [0.4, 0.5) is 5.82 Å². The molecule has 0 aliphatic carbocycles. The third-order valence-electron chi connectivity index (χ3n) is 3.95. The van der Waals surface area contributed by atoms with Gasteiger partial charge in [-0.3, -0.25) is 4.98 Å². The lowest BCUT2D eigenvalue weighted by Gasteiger charge is -2.23. The van der Waals surface area contributed by atoms with Gasteiger partial charge in [0.25, 0.3) is 0 Å². The summed E-state index contributed by atoms with van der Waals surface area (Å²) < 4.78 is 0. The summed E-state index contributed by atoms with van der Waals surface area (Å²) in [7, 11) is 6.23. The molecule has 3 rings (SSSR count). The van der Waals surface area contributed by atoms with Crippen molar-refractivity contribution in [1.82, 2.24) is 9.97 Å². The molecule has 0 N–H and O–H groups in total. The molecule has 3 heterocycles. The quantitative estimate of drug-likeness (QED) is 0.780. The van der Waals surface area contributed by atoms with Gasteiger partial charge in [-0.15, -0.1) is 0 Å². The van der Waals surface area contributed by atoms with Crippen molar-refractivity contribution in [3.63, 3.8) is 0 Å². The largest absolute Gasteiger partial charge is 0.357 e. The Balaban J connectivity index is 1.99. The van der Waals surface area contributed by atoms with E-state index in [4.69, 9.17) is 7.85 Å². The van der Waals surface area contributed by atoms with Crippen LogP contribution in [0.1, 0.15) is 18.9 Å². The minimum absolute atomic E-state index is 0.113. The van der Waals surface area contributed by atoms with Crippen LogP contribution in [0.25, 0.3) is 11.1 Å². The smallest absolute Gasteiger partial charge is 0.132 e. The molecule has 20 heavy (non-hydrogen) atoms. The highest BCUT2D eigenvalue weighted by Gasteiger charge is 2.30. The van der Waals surface area contributed by atoms with Gasteiger partial charge in [0.05, 0.1) is 7.85 Å². The van der Waals surface area contributed by atoms with E-state index in [0.717, 1.165) is 30.9 Å². The van der Waals surface area contributed by atoms with Crippen molar-refractivity contribution in [3.05, 3.63) is 42.4 Å². The number of nitrogens with zero attached hydrogens (tertiary/aromatic N) is 3. The lowest BCUT2D eigenvalue weighted by Crippen LogP contribution is -2.23. The molecule has 1 aliphatic rings.